The van der Waals surface area contributed by atoms with E-state index in [1.807, 2.05) is 39.0 Å². The van der Waals surface area contributed by atoms with Crippen molar-refractivity contribution < 1.29 is 14.3 Å². The van der Waals surface area contributed by atoms with Crippen LogP contribution in [0.5, 0.6) is 5.75 Å². The number of fused-ring (bicyclic) bond motifs is 1. The maximum Gasteiger partial charge on any atom is 0.320 e. The number of nitrogens with zero attached hydrogens (tertiary/aromatic N) is 4. The van der Waals surface area contributed by atoms with Crippen LogP contribution in [-0.4, -0.2) is 71.0 Å². The standard InChI is InChI=1S/C20H22N4O3/c1-27-18-4-2-15(3-5-18)12-23-14-17-13-22(10-11-24(17)20(23)26)19(25)16-6-8-21-9-7-16/h2-9,17H,10-14H2,1H3/t17-/m1/s1. The average molecular weight is 366 g/mol. The zero-order valence-corrected chi connectivity index (χ0v) is 15.2. The lowest BCUT2D eigenvalue weighted by Gasteiger charge is -2.36. The molecule has 0 saturated carbocycles. The van der Waals surface area contributed by atoms with Gasteiger partial charge in [0, 0.05) is 50.7 Å². The van der Waals surface area contributed by atoms with Crippen molar-refractivity contribution in [2.75, 3.05) is 33.3 Å². The molecule has 1 aromatic carbocycles. The number of piperazine rings is 1. The molecule has 3 heterocycles. The van der Waals surface area contributed by atoms with Crippen molar-refractivity contribution in [3.8, 4) is 5.75 Å². The van der Waals surface area contributed by atoms with E-state index < -0.39 is 0 Å². The number of pyridine rings is 1. The normalized spacial score (nSPS) is 19.2. The predicted octanol–water partition coefficient (Wildman–Crippen LogP) is 1.85. The third-order valence-electron chi connectivity index (χ3n) is 5.18. The molecule has 7 heteroatoms. The topological polar surface area (TPSA) is 66.0 Å². The van der Waals surface area contributed by atoms with E-state index in [-0.39, 0.29) is 18.0 Å². The average Bonchev–Trinajstić information content (AvgIpc) is 3.03. The molecule has 2 saturated heterocycles. The lowest BCUT2D eigenvalue weighted by molar-refractivity contribution is 0.0617. The number of methoxy groups -OCH3 is 1. The first-order valence-corrected chi connectivity index (χ1v) is 9.03. The van der Waals surface area contributed by atoms with Gasteiger partial charge in [0.25, 0.3) is 5.91 Å². The van der Waals surface area contributed by atoms with Gasteiger partial charge in [0.15, 0.2) is 0 Å². The van der Waals surface area contributed by atoms with Gasteiger partial charge >= 0.3 is 6.03 Å². The highest BCUT2D eigenvalue weighted by Gasteiger charge is 2.41. The second-order valence-electron chi connectivity index (χ2n) is 6.85. The van der Waals surface area contributed by atoms with Crippen LogP contribution in [0.2, 0.25) is 0 Å². The Morgan fingerprint density at radius 3 is 2.56 bits per heavy atom. The molecule has 2 fully saturated rings. The monoisotopic (exact) mass is 366 g/mol. The summed E-state index contributed by atoms with van der Waals surface area (Å²) in [5, 5.41) is 0. The number of amides is 3. The molecule has 0 aliphatic carbocycles. The Morgan fingerprint density at radius 2 is 1.85 bits per heavy atom. The lowest BCUT2D eigenvalue weighted by Crippen LogP contribution is -2.53. The fraction of sp³-hybridized carbons (Fsp3) is 0.350. The van der Waals surface area contributed by atoms with E-state index >= 15 is 0 Å². The molecule has 7 nitrogen and oxygen atoms in total. The first-order chi connectivity index (χ1) is 13.2. The minimum Gasteiger partial charge on any atom is -0.497 e. The summed E-state index contributed by atoms with van der Waals surface area (Å²) in [6.45, 7) is 2.88. The molecule has 1 atom stereocenters. The van der Waals surface area contributed by atoms with E-state index in [1.54, 1.807) is 31.6 Å². The summed E-state index contributed by atoms with van der Waals surface area (Å²) in [7, 11) is 1.63. The zero-order valence-electron chi connectivity index (χ0n) is 15.2. The smallest absolute Gasteiger partial charge is 0.320 e. The maximum atomic E-state index is 12.7. The highest BCUT2D eigenvalue weighted by molar-refractivity contribution is 5.94. The number of carbonyl (C=O) groups excluding carboxylic acids is 2. The van der Waals surface area contributed by atoms with Gasteiger partial charge < -0.3 is 19.4 Å². The number of rotatable bonds is 4. The molecule has 3 amide bonds. The number of hydrogen-bond donors (Lipinski definition) is 0. The van der Waals surface area contributed by atoms with Crippen LogP contribution in [-0.2, 0) is 6.54 Å². The quantitative estimate of drug-likeness (QED) is 0.828. The SMILES string of the molecule is COc1ccc(CN2C[C@H]3CN(C(=O)c4ccncc4)CCN3C2=O)cc1. The van der Waals surface area contributed by atoms with Gasteiger partial charge in [-0.2, -0.15) is 0 Å². The molecule has 1 aromatic heterocycles. The molecule has 4 rings (SSSR count). The molecule has 2 aliphatic heterocycles. The number of aromatic nitrogens is 1. The summed E-state index contributed by atoms with van der Waals surface area (Å²) in [4.78, 5) is 34.9. The maximum absolute atomic E-state index is 12.7. The summed E-state index contributed by atoms with van der Waals surface area (Å²) < 4.78 is 5.18. The van der Waals surface area contributed by atoms with Gasteiger partial charge in [-0.25, -0.2) is 4.79 Å². The van der Waals surface area contributed by atoms with Crippen LogP contribution in [0.25, 0.3) is 0 Å². The second-order valence-corrected chi connectivity index (χ2v) is 6.85. The van der Waals surface area contributed by atoms with Gasteiger partial charge in [-0.1, -0.05) is 12.1 Å². The summed E-state index contributed by atoms with van der Waals surface area (Å²) in [5.41, 5.74) is 1.70. The van der Waals surface area contributed by atoms with E-state index in [0.717, 1.165) is 11.3 Å². The number of urea groups is 1. The van der Waals surface area contributed by atoms with Gasteiger partial charge in [-0.15, -0.1) is 0 Å². The van der Waals surface area contributed by atoms with E-state index in [2.05, 4.69) is 4.98 Å². The Hall–Kier alpha value is -3.09. The van der Waals surface area contributed by atoms with Gasteiger partial charge in [-0.05, 0) is 29.8 Å². The van der Waals surface area contributed by atoms with Crippen LogP contribution in [0.1, 0.15) is 15.9 Å². The predicted molar refractivity (Wildman–Crippen MR) is 99.4 cm³/mol. The van der Waals surface area contributed by atoms with Crippen molar-refractivity contribution in [2.45, 2.75) is 12.6 Å². The van der Waals surface area contributed by atoms with E-state index in [4.69, 9.17) is 4.74 Å². The van der Waals surface area contributed by atoms with Gasteiger partial charge in [0.2, 0.25) is 0 Å². The molecule has 0 spiro atoms. The van der Waals surface area contributed by atoms with Crippen LogP contribution in [0, 0.1) is 0 Å². The summed E-state index contributed by atoms with van der Waals surface area (Å²) in [6, 6.07) is 11.3. The number of carbonyl (C=O) groups is 2. The number of benzene rings is 1. The molecule has 0 N–H and O–H groups in total. The van der Waals surface area contributed by atoms with Gasteiger partial charge in [-0.3, -0.25) is 9.78 Å². The molecular weight excluding hydrogens is 344 g/mol. The molecule has 0 bridgehead atoms. The first-order valence-electron chi connectivity index (χ1n) is 9.03. The summed E-state index contributed by atoms with van der Waals surface area (Å²) in [6.07, 6.45) is 3.25. The molecule has 140 valence electrons. The van der Waals surface area contributed by atoms with E-state index in [0.29, 0.717) is 38.3 Å². The Morgan fingerprint density at radius 1 is 1.11 bits per heavy atom. The molecule has 0 unspecified atom stereocenters. The number of ether oxygens (including phenoxy) is 1. The lowest BCUT2D eigenvalue weighted by atomic mass is 10.1. The Bertz CT molecular complexity index is 825. The van der Waals surface area contributed by atoms with Crippen LogP contribution in [0.3, 0.4) is 0 Å². The van der Waals surface area contributed by atoms with Crippen LogP contribution >= 0.6 is 0 Å². The van der Waals surface area contributed by atoms with Crippen molar-refractivity contribution in [3.63, 3.8) is 0 Å². The molecule has 0 radical (unpaired) electrons. The zero-order chi connectivity index (χ0) is 18.8. The third-order valence-corrected chi connectivity index (χ3v) is 5.18. The van der Waals surface area contributed by atoms with Crippen molar-refractivity contribution in [2.24, 2.45) is 0 Å². The van der Waals surface area contributed by atoms with Crippen LogP contribution in [0.4, 0.5) is 4.79 Å². The molecule has 2 aromatic rings. The first kappa shape index (κ1) is 17.3. The Kier molecular flexibility index (Phi) is 4.66. The van der Waals surface area contributed by atoms with E-state index in [1.165, 1.54) is 0 Å². The van der Waals surface area contributed by atoms with Crippen molar-refractivity contribution >= 4 is 11.9 Å². The van der Waals surface area contributed by atoms with Crippen LogP contribution in [0.15, 0.2) is 48.8 Å². The molecular formula is C20H22N4O3. The number of hydrogen-bond acceptors (Lipinski definition) is 4. The second kappa shape index (κ2) is 7.26. The fourth-order valence-corrected chi connectivity index (χ4v) is 3.72. The van der Waals surface area contributed by atoms with Gasteiger partial charge in [0.1, 0.15) is 5.75 Å². The largest absolute Gasteiger partial charge is 0.497 e. The third kappa shape index (κ3) is 3.45. The van der Waals surface area contributed by atoms with Crippen molar-refractivity contribution in [1.82, 2.24) is 19.7 Å². The van der Waals surface area contributed by atoms with Crippen molar-refractivity contribution in [3.05, 3.63) is 59.9 Å². The fourth-order valence-electron chi connectivity index (χ4n) is 3.72. The summed E-state index contributed by atoms with van der Waals surface area (Å²) in [5.74, 6) is 0.798. The highest BCUT2D eigenvalue weighted by Crippen LogP contribution is 2.24. The minimum atomic E-state index is -0.00176. The Balaban J connectivity index is 1.41. The van der Waals surface area contributed by atoms with Crippen LogP contribution < -0.4 is 4.74 Å². The molecule has 27 heavy (non-hydrogen) atoms. The minimum absolute atomic E-state index is 0.00176. The Labute approximate surface area is 158 Å². The van der Waals surface area contributed by atoms with E-state index in [9.17, 15) is 9.59 Å². The molecule has 2 aliphatic rings. The summed E-state index contributed by atoms with van der Waals surface area (Å²) >= 11 is 0. The highest BCUT2D eigenvalue weighted by atomic mass is 16.5. The van der Waals surface area contributed by atoms with Gasteiger partial charge in [0.05, 0.1) is 13.2 Å². The van der Waals surface area contributed by atoms with Crippen molar-refractivity contribution in [1.29, 1.82) is 0 Å².